The third-order valence-corrected chi connectivity index (χ3v) is 3.57. The fraction of sp³-hybridized carbons (Fsp3) is 0.368. The maximum atomic E-state index is 13.8. The van der Waals surface area contributed by atoms with E-state index in [9.17, 15) is 26.7 Å². The van der Waals surface area contributed by atoms with Crippen LogP contribution in [0.25, 0.3) is 11.1 Å². The van der Waals surface area contributed by atoms with Crippen molar-refractivity contribution in [1.29, 1.82) is 0 Å². The molecule has 0 saturated carbocycles. The van der Waals surface area contributed by atoms with Gasteiger partial charge < -0.3 is 9.47 Å². The predicted molar refractivity (Wildman–Crippen MR) is 95.8 cm³/mol. The van der Waals surface area contributed by atoms with Gasteiger partial charge in [-0.2, -0.15) is 13.2 Å². The van der Waals surface area contributed by atoms with Crippen LogP contribution >= 0.6 is 0 Å². The number of amides is 1. The zero-order valence-electron chi connectivity index (χ0n) is 16.1. The first kappa shape index (κ1) is 22.4. The van der Waals surface area contributed by atoms with Crippen molar-refractivity contribution < 1.29 is 36.2 Å². The van der Waals surface area contributed by atoms with E-state index in [0.717, 1.165) is 18.3 Å². The minimum Gasteiger partial charge on any atom is -0.496 e. The van der Waals surface area contributed by atoms with E-state index >= 15 is 0 Å². The van der Waals surface area contributed by atoms with Gasteiger partial charge in [0.05, 0.1) is 19.0 Å². The van der Waals surface area contributed by atoms with Crippen LogP contribution < -0.4 is 9.64 Å². The summed E-state index contributed by atoms with van der Waals surface area (Å²) >= 11 is 0. The van der Waals surface area contributed by atoms with Crippen LogP contribution in [0.1, 0.15) is 20.8 Å². The van der Waals surface area contributed by atoms with Gasteiger partial charge in [-0.3, -0.25) is 9.88 Å². The Morgan fingerprint density at radius 1 is 1.10 bits per heavy atom. The van der Waals surface area contributed by atoms with E-state index < -0.39 is 36.0 Å². The lowest BCUT2D eigenvalue weighted by Gasteiger charge is -2.29. The molecule has 10 heteroatoms. The fourth-order valence-electron chi connectivity index (χ4n) is 2.48. The van der Waals surface area contributed by atoms with Gasteiger partial charge in [-0.25, -0.2) is 13.6 Å². The van der Waals surface area contributed by atoms with Gasteiger partial charge >= 0.3 is 12.3 Å². The molecule has 0 atom stereocenters. The molecule has 2 aromatic rings. The van der Waals surface area contributed by atoms with Crippen LogP contribution in [-0.2, 0) is 4.74 Å². The normalized spacial score (nSPS) is 11.9. The molecule has 5 nitrogen and oxygen atoms in total. The molecule has 0 spiro atoms. The summed E-state index contributed by atoms with van der Waals surface area (Å²) in [5, 5.41) is 0. The lowest BCUT2D eigenvalue weighted by atomic mass is 10.0. The molecule has 0 saturated heterocycles. The highest BCUT2D eigenvalue weighted by atomic mass is 19.4. The smallest absolute Gasteiger partial charge is 0.415 e. The summed E-state index contributed by atoms with van der Waals surface area (Å²) in [6.45, 7) is 2.82. The number of hydrogen-bond donors (Lipinski definition) is 0. The van der Waals surface area contributed by atoms with Gasteiger partial charge in [-0.1, -0.05) is 0 Å². The highest BCUT2D eigenvalue weighted by molar-refractivity contribution is 5.94. The number of pyridine rings is 1. The van der Waals surface area contributed by atoms with Crippen molar-refractivity contribution in [2.75, 3.05) is 18.6 Å². The van der Waals surface area contributed by atoms with Gasteiger partial charge in [-0.15, -0.1) is 0 Å². The Hall–Kier alpha value is -2.91. The first-order valence-corrected chi connectivity index (χ1v) is 8.37. The van der Waals surface area contributed by atoms with E-state index in [-0.39, 0.29) is 22.6 Å². The highest BCUT2D eigenvalue weighted by Gasteiger charge is 2.37. The maximum Gasteiger partial charge on any atom is 0.415 e. The lowest BCUT2D eigenvalue weighted by molar-refractivity contribution is -0.119. The molecule has 0 aliphatic rings. The summed E-state index contributed by atoms with van der Waals surface area (Å²) in [5.74, 6) is -2.56. The van der Waals surface area contributed by atoms with Crippen molar-refractivity contribution in [2.45, 2.75) is 32.5 Å². The minimum absolute atomic E-state index is 0.0224. The van der Waals surface area contributed by atoms with Crippen LogP contribution in [0.2, 0.25) is 0 Å². The van der Waals surface area contributed by atoms with Crippen LogP contribution in [-0.4, -0.2) is 36.5 Å². The second-order valence-corrected chi connectivity index (χ2v) is 7.04. The Morgan fingerprint density at radius 2 is 1.72 bits per heavy atom. The summed E-state index contributed by atoms with van der Waals surface area (Å²) in [5.41, 5.74) is -1.45. The molecule has 29 heavy (non-hydrogen) atoms. The molecular weight excluding hydrogens is 399 g/mol. The van der Waals surface area contributed by atoms with Gasteiger partial charge in [0.2, 0.25) is 0 Å². The number of rotatable bonds is 4. The molecule has 1 heterocycles. The van der Waals surface area contributed by atoms with E-state index in [1.807, 2.05) is 0 Å². The number of nitrogens with zero attached hydrogens (tertiary/aromatic N) is 2. The second-order valence-electron chi connectivity index (χ2n) is 7.04. The second kappa shape index (κ2) is 8.22. The monoisotopic (exact) mass is 418 g/mol. The molecule has 0 bridgehead atoms. The number of benzene rings is 1. The maximum absolute atomic E-state index is 13.8. The number of carbonyl (C=O) groups is 1. The van der Waals surface area contributed by atoms with Gasteiger partial charge in [0.1, 0.15) is 17.9 Å². The van der Waals surface area contributed by atoms with Gasteiger partial charge in [-0.05, 0) is 32.9 Å². The Bertz CT molecular complexity index is 894. The number of hydrogen-bond acceptors (Lipinski definition) is 4. The van der Waals surface area contributed by atoms with Crippen LogP contribution in [0.15, 0.2) is 30.6 Å². The van der Waals surface area contributed by atoms with Crippen molar-refractivity contribution in [3.63, 3.8) is 0 Å². The summed E-state index contributed by atoms with van der Waals surface area (Å²) in [7, 11) is 1.19. The first-order valence-electron chi connectivity index (χ1n) is 8.37. The lowest BCUT2D eigenvalue weighted by Crippen LogP contribution is -2.42. The van der Waals surface area contributed by atoms with Gasteiger partial charge in [0, 0.05) is 23.4 Å². The van der Waals surface area contributed by atoms with E-state index in [4.69, 9.17) is 9.47 Å². The average Bonchev–Trinajstić information content (AvgIpc) is 2.59. The van der Waals surface area contributed by atoms with Gasteiger partial charge in [0.15, 0.2) is 11.6 Å². The molecule has 1 amide bonds. The van der Waals surface area contributed by atoms with Crippen molar-refractivity contribution in [3.05, 3.63) is 42.2 Å². The Labute approximate surface area is 164 Å². The quantitative estimate of drug-likeness (QED) is 0.629. The molecule has 2 rings (SSSR count). The number of halogens is 5. The molecule has 1 aromatic carbocycles. The Kier molecular flexibility index (Phi) is 6.34. The van der Waals surface area contributed by atoms with E-state index in [1.54, 1.807) is 0 Å². The largest absolute Gasteiger partial charge is 0.496 e. The van der Waals surface area contributed by atoms with Crippen molar-refractivity contribution >= 4 is 11.8 Å². The molecule has 0 aliphatic carbocycles. The number of carbonyl (C=O) groups excluding carboxylic acids is 1. The Balaban J connectivity index is 2.66. The predicted octanol–water partition coefficient (Wildman–Crippen LogP) is 5.34. The van der Waals surface area contributed by atoms with Crippen LogP contribution in [0, 0.1) is 11.6 Å². The van der Waals surface area contributed by atoms with E-state index in [2.05, 4.69) is 4.98 Å². The summed E-state index contributed by atoms with van der Waals surface area (Å²) in [6.07, 6.45) is -3.79. The molecule has 0 aliphatic heterocycles. The SMILES string of the molecule is COc1cc(F)c(F)cc1-c1ccncc1N(CC(F)(F)F)C(=O)OC(C)(C)C. The number of ether oxygens (including phenoxy) is 2. The molecule has 0 radical (unpaired) electrons. The number of alkyl halides is 3. The van der Waals surface area contributed by atoms with Gasteiger partial charge in [0.25, 0.3) is 0 Å². The van der Waals surface area contributed by atoms with Crippen molar-refractivity contribution in [3.8, 4) is 16.9 Å². The molecule has 0 N–H and O–H groups in total. The molecule has 158 valence electrons. The fourth-order valence-corrected chi connectivity index (χ4v) is 2.48. The number of aromatic nitrogens is 1. The highest BCUT2D eigenvalue weighted by Crippen LogP contribution is 2.38. The number of methoxy groups -OCH3 is 1. The Morgan fingerprint density at radius 3 is 2.28 bits per heavy atom. The molecule has 1 aromatic heterocycles. The van der Waals surface area contributed by atoms with E-state index in [0.29, 0.717) is 4.90 Å². The van der Waals surface area contributed by atoms with Crippen LogP contribution in [0.4, 0.5) is 32.4 Å². The zero-order valence-corrected chi connectivity index (χ0v) is 16.1. The van der Waals surface area contributed by atoms with Crippen LogP contribution in [0.3, 0.4) is 0 Å². The van der Waals surface area contributed by atoms with Crippen molar-refractivity contribution in [1.82, 2.24) is 4.98 Å². The summed E-state index contributed by atoms with van der Waals surface area (Å²) in [6, 6.07) is 2.79. The number of anilines is 1. The summed E-state index contributed by atoms with van der Waals surface area (Å²) in [4.78, 5) is 16.6. The summed E-state index contributed by atoms with van der Waals surface area (Å²) < 4.78 is 77.0. The van der Waals surface area contributed by atoms with Crippen LogP contribution in [0.5, 0.6) is 5.75 Å². The topological polar surface area (TPSA) is 51.7 Å². The zero-order chi connectivity index (χ0) is 22.0. The third-order valence-electron chi connectivity index (χ3n) is 3.57. The third kappa shape index (κ3) is 5.78. The molecule has 0 unspecified atom stereocenters. The minimum atomic E-state index is -4.76. The first-order chi connectivity index (χ1) is 13.3. The molecule has 0 fully saturated rings. The average molecular weight is 418 g/mol. The standard InChI is InChI=1S/C19H19F5N2O3/c1-18(2,3)29-17(27)26(10-19(22,23)24)15-9-25-6-5-11(15)12-7-13(20)14(21)8-16(12)28-4/h5-9H,10H2,1-4H3. The van der Waals surface area contributed by atoms with E-state index in [1.165, 1.54) is 40.1 Å². The molecular formula is C19H19F5N2O3. The van der Waals surface area contributed by atoms with Crippen molar-refractivity contribution in [2.24, 2.45) is 0 Å².